The van der Waals surface area contributed by atoms with Gasteiger partial charge in [0.1, 0.15) is 0 Å². The predicted octanol–water partition coefficient (Wildman–Crippen LogP) is 1.31. The highest BCUT2D eigenvalue weighted by Crippen LogP contribution is 2.31. The second-order valence-electron chi connectivity index (χ2n) is 6.77. The van der Waals surface area contributed by atoms with Crippen LogP contribution in [0.5, 0.6) is 0 Å². The maximum atomic E-state index is 12.0. The van der Waals surface area contributed by atoms with Gasteiger partial charge in [-0.1, -0.05) is 45.0 Å². The summed E-state index contributed by atoms with van der Waals surface area (Å²) in [6.45, 7) is 5.78. The van der Waals surface area contributed by atoms with Gasteiger partial charge in [0.05, 0.1) is 12.1 Å². The third-order valence-corrected chi connectivity index (χ3v) is 3.84. The van der Waals surface area contributed by atoms with E-state index in [9.17, 15) is 14.7 Å². The van der Waals surface area contributed by atoms with Crippen LogP contribution in [-0.4, -0.2) is 29.6 Å². The monoisotopic (exact) mass is 304 g/mol. The van der Waals surface area contributed by atoms with Crippen molar-refractivity contribution >= 4 is 11.8 Å². The van der Waals surface area contributed by atoms with Crippen molar-refractivity contribution in [2.75, 3.05) is 6.54 Å². The van der Waals surface area contributed by atoms with Crippen molar-refractivity contribution in [3.05, 3.63) is 35.4 Å². The van der Waals surface area contributed by atoms with Crippen LogP contribution in [0.25, 0.3) is 0 Å². The van der Waals surface area contributed by atoms with E-state index in [0.717, 1.165) is 11.1 Å². The van der Waals surface area contributed by atoms with Gasteiger partial charge in [-0.3, -0.25) is 9.59 Å². The number of hydrogen-bond acceptors (Lipinski definition) is 3. The van der Waals surface area contributed by atoms with Crippen LogP contribution in [0.3, 0.4) is 0 Å². The summed E-state index contributed by atoms with van der Waals surface area (Å²) in [5, 5.41) is 15.7. The van der Waals surface area contributed by atoms with E-state index in [-0.39, 0.29) is 24.3 Å². The van der Waals surface area contributed by atoms with Crippen molar-refractivity contribution in [1.29, 1.82) is 0 Å². The number of aliphatic hydroxyl groups is 1. The standard InChI is InChI=1S/C17H24N2O3/c1-17(2,3)16(22)18-9-8-14(21)19-15-12-7-5-4-6-11(12)10-13(15)20/h4-7,13,15,20H,8-10H2,1-3H3,(H,18,22)(H,19,21). The van der Waals surface area contributed by atoms with Gasteiger partial charge in [0, 0.05) is 24.8 Å². The lowest BCUT2D eigenvalue weighted by atomic mass is 9.96. The van der Waals surface area contributed by atoms with Crippen LogP contribution in [0, 0.1) is 5.41 Å². The molecule has 22 heavy (non-hydrogen) atoms. The Morgan fingerprint density at radius 1 is 1.27 bits per heavy atom. The first-order valence-corrected chi connectivity index (χ1v) is 7.62. The molecular weight excluding hydrogens is 280 g/mol. The SMILES string of the molecule is CC(C)(C)C(=O)NCCC(=O)NC1c2ccccc2CC1O. The van der Waals surface area contributed by atoms with Gasteiger partial charge in [0.25, 0.3) is 0 Å². The van der Waals surface area contributed by atoms with Crippen LogP contribution in [0.1, 0.15) is 44.4 Å². The molecule has 0 bridgehead atoms. The molecule has 1 aliphatic rings. The molecule has 0 fully saturated rings. The minimum absolute atomic E-state index is 0.0773. The largest absolute Gasteiger partial charge is 0.390 e. The van der Waals surface area contributed by atoms with E-state index in [0.29, 0.717) is 13.0 Å². The zero-order valence-electron chi connectivity index (χ0n) is 13.3. The summed E-state index contributed by atoms with van der Waals surface area (Å²) in [5.74, 6) is -0.249. The van der Waals surface area contributed by atoms with E-state index in [2.05, 4.69) is 10.6 Å². The van der Waals surface area contributed by atoms with Crippen molar-refractivity contribution in [2.45, 2.75) is 45.8 Å². The number of carbonyl (C=O) groups is 2. The Labute approximate surface area is 131 Å². The number of aliphatic hydroxyl groups excluding tert-OH is 1. The van der Waals surface area contributed by atoms with Gasteiger partial charge in [0.15, 0.2) is 0 Å². The van der Waals surface area contributed by atoms with Crippen molar-refractivity contribution in [3.8, 4) is 0 Å². The van der Waals surface area contributed by atoms with Gasteiger partial charge in [-0.2, -0.15) is 0 Å². The van der Waals surface area contributed by atoms with Gasteiger partial charge >= 0.3 is 0 Å². The molecule has 2 atom stereocenters. The normalized spacial score (nSPS) is 20.4. The van der Waals surface area contributed by atoms with Crippen LogP contribution in [0.2, 0.25) is 0 Å². The van der Waals surface area contributed by atoms with Crippen molar-refractivity contribution < 1.29 is 14.7 Å². The molecule has 2 rings (SSSR count). The number of hydrogen-bond donors (Lipinski definition) is 3. The van der Waals surface area contributed by atoms with Gasteiger partial charge in [0.2, 0.25) is 11.8 Å². The van der Waals surface area contributed by atoms with E-state index in [1.54, 1.807) is 0 Å². The molecule has 5 nitrogen and oxygen atoms in total. The quantitative estimate of drug-likeness (QED) is 0.785. The number of rotatable bonds is 4. The molecule has 120 valence electrons. The molecule has 2 amide bonds. The number of fused-ring (bicyclic) bond motifs is 1. The van der Waals surface area contributed by atoms with Crippen molar-refractivity contribution in [1.82, 2.24) is 10.6 Å². The van der Waals surface area contributed by atoms with Gasteiger partial charge < -0.3 is 15.7 Å². The average Bonchev–Trinajstić information content (AvgIpc) is 2.74. The number of carbonyl (C=O) groups excluding carboxylic acids is 2. The molecule has 0 radical (unpaired) electrons. The topological polar surface area (TPSA) is 78.4 Å². The Bertz CT molecular complexity index is 563. The highest BCUT2D eigenvalue weighted by Gasteiger charge is 2.31. The van der Waals surface area contributed by atoms with E-state index in [4.69, 9.17) is 0 Å². The van der Waals surface area contributed by atoms with E-state index in [1.807, 2.05) is 45.0 Å². The molecule has 3 N–H and O–H groups in total. The maximum absolute atomic E-state index is 12.0. The molecule has 2 unspecified atom stereocenters. The molecule has 1 aliphatic carbocycles. The van der Waals surface area contributed by atoms with E-state index < -0.39 is 11.5 Å². The minimum Gasteiger partial charge on any atom is -0.390 e. The van der Waals surface area contributed by atoms with Gasteiger partial charge in [-0.25, -0.2) is 0 Å². The molecule has 5 heteroatoms. The molecule has 0 heterocycles. The van der Waals surface area contributed by atoms with Crippen LogP contribution in [0.15, 0.2) is 24.3 Å². The molecule has 0 saturated carbocycles. The van der Waals surface area contributed by atoms with Crippen LogP contribution in [0.4, 0.5) is 0 Å². The number of benzene rings is 1. The Morgan fingerprint density at radius 3 is 2.64 bits per heavy atom. The van der Waals surface area contributed by atoms with E-state index >= 15 is 0 Å². The zero-order chi connectivity index (χ0) is 16.3. The summed E-state index contributed by atoms with van der Waals surface area (Å²) in [7, 11) is 0. The number of nitrogens with one attached hydrogen (secondary N) is 2. The summed E-state index contributed by atoms with van der Waals surface area (Å²) in [6.07, 6.45) is 0.167. The first-order valence-electron chi connectivity index (χ1n) is 7.62. The third-order valence-electron chi connectivity index (χ3n) is 3.84. The average molecular weight is 304 g/mol. The first-order chi connectivity index (χ1) is 10.3. The summed E-state index contributed by atoms with van der Waals surface area (Å²) >= 11 is 0. The van der Waals surface area contributed by atoms with Gasteiger partial charge in [-0.15, -0.1) is 0 Å². The van der Waals surface area contributed by atoms with Gasteiger partial charge in [-0.05, 0) is 11.1 Å². The molecular formula is C17H24N2O3. The Balaban J connectivity index is 1.84. The Hall–Kier alpha value is -1.88. The highest BCUT2D eigenvalue weighted by atomic mass is 16.3. The second kappa shape index (κ2) is 6.48. The molecule has 1 aromatic rings. The fraction of sp³-hybridized carbons (Fsp3) is 0.529. The molecule has 1 aromatic carbocycles. The summed E-state index contributed by atoms with van der Waals surface area (Å²) < 4.78 is 0. The van der Waals surface area contributed by atoms with Crippen LogP contribution < -0.4 is 10.6 Å². The summed E-state index contributed by atoms with van der Waals surface area (Å²) in [6, 6.07) is 7.37. The third kappa shape index (κ3) is 3.85. The smallest absolute Gasteiger partial charge is 0.225 e. The molecule has 0 spiro atoms. The van der Waals surface area contributed by atoms with Crippen molar-refractivity contribution in [3.63, 3.8) is 0 Å². The lowest BCUT2D eigenvalue weighted by Gasteiger charge is -2.19. The predicted molar refractivity (Wildman–Crippen MR) is 84.1 cm³/mol. The first kappa shape index (κ1) is 16.5. The minimum atomic E-state index is -0.592. The van der Waals surface area contributed by atoms with Crippen molar-refractivity contribution in [2.24, 2.45) is 5.41 Å². The number of amides is 2. The zero-order valence-corrected chi connectivity index (χ0v) is 13.3. The molecule has 0 saturated heterocycles. The lowest BCUT2D eigenvalue weighted by molar-refractivity contribution is -0.128. The van der Waals surface area contributed by atoms with E-state index in [1.165, 1.54) is 0 Å². The highest BCUT2D eigenvalue weighted by molar-refractivity contribution is 5.82. The fourth-order valence-electron chi connectivity index (χ4n) is 2.55. The Morgan fingerprint density at radius 2 is 1.95 bits per heavy atom. The summed E-state index contributed by atoms with van der Waals surface area (Å²) in [5.41, 5.74) is 1.58. The summed E-state index contributed by atoms with van der Waals surface area (Å²) in [4.78, 5) is 23.7. The lowest BCUT2D eigenvalue weighted by Crippen LogP contribution is -2.39. The molecule has 0 aromatic heterocycles. The second-order valence-corrected chi connectivity index (χ2v) is 6.77. The van der Waals surface area contributed by atoms with Crippen LogP contribution >= 0.6 is 0 Å². The molecule has 0 aliphatic heterocycles. The van der Waals surface area contributed by atoms with Crippen LogP contribution in [-0.2, 0) is 16.0 Å². The maximum Gasteiger partial charge on any atom is 0.225 e. The Kier molecular flexibility index (Phi) is 4.86. The fourth-order valence-corrected chi connectivity index (χ4v) is 2.55.